The maximum absolute atomic E-state index is 13.8. The molecule has 204 valence electrons. The van der Waals surface area contributed by atoms with Crippen molar-refractivity contribution in [2.24, 2.45) is 11.8 Å². The van der Waals surface area contributed by atoms with Gasteiger partial charge in [-0.25, -0.2) is 4.98 Å². The van der Waals surface area contributed by atoms with Crippen molar-refractivity contribution in [3.63, 3.8) is 0 Å². The normalized spacial score (nSPS) is 16.2. The molecule has 2 amide bonds. The van der Waals surface area contributed by atoms with Gasteiger partial charge < -0.3 is 10.0 Å². The van der Waals surface area contributed by atoms with E-state index in [-0.39, 0.29) is 24.3 Å². The van der Waals surface area contributed by atoms with Gasteiger partial charge >= 0.3 is 5.97 Å². The van der Waals surface area contributed by atoms with Gasteiger partial charge in [0.1, 0.15) is 5.69 Å². The summed E-state index contributed by atoms with van der Waals surface area (Å²) in [6, 6.07) is 11.6. The zero-order valence-corrected chi connectivity index (χ0v) is 23.2. The maximum Gasteiger partial charge on any atom is 0.304 e. The Kier molecular flexibility index (Phi) is 8.07. The van der Waals surface area contributed by atoms with Gasteiger partial charge in [0.15, 0.2) is 5.13 Å². The first-order chi connectivity index (χ1) is 18.8. The quantitative estimate of drug-likeness (QED) is 0.348. The molecule has 0 spiro atoms. The number of carboxylic acid groups (broad SMARTS) is 1. The summed E-state index contributed by atoms with van der Waals surface area (Å²) in [6.45, 7) is 0. The minimum atomic E-state index is -0.928. The number of aromatic nitrogens is 2. The number of amides is 2. The molecule has 1 aromatic carbocycles. The second-order valence-electron chi connectivity index (χ2n) is 10.8. The number of thiazole rings is 1. The van der Waals surface area contributed by atoms with E-state index in [1.807, 2.05) is 35.7 Å². The van der Waals surface area contributed by atoms with E-state index in [4.69, 9.17) is 4.98 Å². The Morgan fingerprint density at radius 1 is 1.03 bits per heavy atom. The minimum absolute atomic E-state index is 0.0811. The minimum Gasteiger partial charge on any atom is -0.481 e. The monoisotopic (exact) mass is 546 g/mol. The molecule has 2 aromatic heterocycles. The molecular weight excluding hydrogens is 512 g/mol. The van der Waals surface area contributed by atoms with Gasteiger partial charge in [-0.15, -0.1) is 11.3 Å². The number of hydrogen-bond acceptors (Lipinski definition) is 6. The standard InChI is InChI=1S/C30H34N4O4S/c1-33(2)29(38)25-14-11-20(17-31-25)23-9-5-6-10-24(23)26-18-39-30(32-26)34(22-12-13-22)28(37)21(16-27(35)36)15-19-7-3-4-8-19/h5-6,9-11,14,17-19,21-22H,3-4,7-8,12-13,15-16H2,1-2H3,(H,35,36)/t21-/m1/s1. The first kappa shape index (κ1) is 27.0. The molecule has 0 bridgehead atoms. The summed E-state index contributed by atoms with van der Waals surface area (Å²) in [7, 11) is 3.39. The molecule has 9 heteroatoms. The second kappa shape index (κ2) is 11.7. The van der Waals surface area contributed by atoms with Gasteiger partial charge in [0.2, 0.25) is 5.91 Å². The number of hydrogen-bond donors (Lipinski definition) is 1. The summed E-state index contributed by atoms with van der Waals surface area (Å²) in [4.78, 5) is 50.3. The highest BCUT2D eigenvalue weighted by atomic mass is 32.1. The molecule has 0 aliphatic heterocycles. The summed E-state index contributed by atoms with van der Waals surface area (Å²) in [5.74, 6) is -1.29. The predicted molar refractivity (Wildman–Crippen MR) is 152 cm³/mol. The van der Waals surface area contributed by atoms with E-state index in [1.54, 1.807) is 31.3 Å². The van der Waals surface area contributed by atoms with Gasteiger partial charge in [-0.05, 0) is 36.8 Å². The average Bonchev–Trinajstić information content (AvgIpc) is 3.40. The fraction of sp³-hybridized carbons (Fsp3) is 0.433. The topological polar surface area (TPSA) is 104 Å². The second-order valence-corrected chi connectivity index (χ2v) is 11.6. The molecule has 2 heterocycles. The van der Waals surface area contributed by atoms with Crippen molar-refractivity contribution in [3.8, 4) is 22.4 Å². The molecule has 2 aliphatic carbocycles. The van der Waals surface area contributed by atoms with Gasteiger partial charge in [-0.3, -0.25) is 24.3 Å². The third-order valence-electron chi connectivity index (χ3n) is 7.61. The Hall–Kier alpha value is -3.59. The molecule has 5 rings (SSSR count). The van der Waals surface area contributed by atoms with Crippen molar-refractivity contribution in [1.82, 2.24) is 14.9 Å². The molecule has 39 heavy (non-hydrogen) atoms. The van der Waals surface area contributed by atoms with Crippen LogP contribution >= 0.6 is 11.3 Å². The molecule has 2 saturated carbocycles. The zero-order valence-electron chi connectivity index (χ0n) is 22.4. The lowest BCUT2D eigenvalue weighted by Gasteiger charge is -2.26. The predicted octanol–water partition coefficient (Wildman–Crippen LogP) is 5.74. The third-order valence-corrected chi connectivity index (χ3v) is 8.45. The Balaban J connectivity index is 1.42. The number of anilines is 1. The highest BCUT2D eigenvalue weighted by Crippen LogP contribution is 2.40. The summed E-state index contributed by atoms with van der Waals surface area (Å²) in [6.07, 6.45) is 8.47. The Morgan fingerprint density at radius 2 is 1.74 bits per heavy atom. The van der Waals surface area contributed by atoms with Crippen LogP contribution in [0.2, 0.25) is 0 Å². The molecule has 2 fully saturated rings. The highest BCUT2D eigenvalue weighted by Gasteiger charge is 2.40. The van der Waals surface area contributed by atoms with E-state index in [1.165, 1.54) is 16.2 Å². The summed E-state index contributed by atoms with van der Waals surface area (Å²) < 4.78 is 0. The fourth-order valence-corrected chi connectivity index (χ4v) is 6.36. The summed E-state index contributed by atoms with van der Waals surface area (Å²) in [5.41, 5.74) is 3.83. The fourth-order valence-electron chi connectivity index (χ4n) is 5.46. The largest absolute Gasteiger partial charge is 0.481 e. The molecule has 8 nitrogen and oxygen atoms in total. The molecule has 1 atom stereocenters. The summed E-state index contributed by atoms with van der Waals surface area (Å²) in [5, 5.41) is 12.1. The molecular formula is C30H34N4O4S. The number of rotatable bonds is 10. The van der Waals surface area contributed by atoms with E-state index in [2.05, 4.69) is 4.98 Å². The number of pyridine rings is 1. The molecule has 0 unspecified atom stereocenters. The molecule has 0 radical (unpaired) electrons. The van der Waals surface area contributed by atoms with Gasteiger partial charge in [0, 0.05) is 48.8 Å². The first-order valence-electron chi connectivity index (χ1n) is 13.6. The molecule has 2 aliphatic rings. The van der Waals surface area contributed by atoms with E-state index >= 15 is 0 Å². The van der Waals surface area contributed by atoms with Crippen LogP contribution in [0, 0.1) is 11.8 Å². The van der Waals surface area contributed by atoms with Crippen LogP contribution in [0.4, 0.5) is 5.13 Å². The van der Waals surface area contributed by atoms with Gasteiger partial charge in [-0.1, -0.05) is 56.0 Å². The van der Waals surface area contributed by atoms with E-state index in [0.717, 1.165) is 60.9 Å². The lowest BCUT2D eigenvalue weighted by atomic mass is 9.90. The van der Waals surface area contributed by atoms with Crippen LogP contribution < -0.4 is 4.90 Å². The van der Waals surface area contributed by atoms with Crippen LogP contribution in [0.5, 0.6) is 0 Å². The number of carbonyl (C=O) groups excluding carboxylic acids is 2. The lowest BCUT2D eigenvalue weighted by molar-refractivity contribution is -0.141. The van der Waals surface area contributed by atoms with Crippen LogP contribution in [0.15, 0.2) is 48.0 Å². The van der Waals surface area contributed by atoms with Gasteiger partial charge in [0.05, 0.1) is 12.1 Å². The highest BCUT2D eigenvalue weighted by molar-refractivity contribution is 7.14. The van der Waals surface area contributed by atoms with Crippen molar-refractivity contribution in [2.45, 2.75) is 57.4 Å². The number of carboxylic acids is 1. The Morgan fingerprint density at radius 3 is 2.36 bits per heavy atom. The van der Waals surface area contributed by atoms with Gasteiger partial charge in [0.25, 0.3) is 5.91 Å². The van der Waals surface area contributed by atoms with Gasteiger partial charge in [-0.2, -0.15) is 0 Å². The summed E-state index contributed by atoms with van der Waals surface area (Å²) >= 11 is 1.42. The van der Waals surface area contributed by atoms with Crippen LogP contribution in [0.25, 0.3) is 22.4 Å². The van der Waals surface area contributed by atoms with Crippen molar-refractivity contribution >= 4 is 34.3 Å². The third kappa shape index (κ3) is 6.19. The zero-order chi connectivity index (χ0) is 27.5. The number of benzene rings is 1. The van der Waals surface area contributed by atoms with E-state index in [9.17, 15) is 19.5 Å². The SMILES string of the molecule is CN(C)C(=O)c1ccc(-c2ccccc2-c2csc(N(C(=O)[C@@H](CC(=O)O)CC3CCCC3)C3CC3)n2)cn1. The van der Waals surface area contributed by atoms with Crippen LogP contribution in [-0.4, -0.2) is 57.9 Å². The van der Waals surface area contributed by atoms with E-state index in [0.29, 0.717) is 23.2 Å². The van der Waals surface area contributed by atoms with Crippen LogP contribution in [-0.2, 0) is 9.59 Å². The molecule has 1 N–H and O–H groups in total. The maximum atomic E-state index is 13.8. The smallest absolute Gasteiger partial charge is 0.304 e. The number of aliphatic carboxylic acids is 1. The molecule has 3 aromatic rings. The number of carbonyl (C=O) groups is 3. The van der Waals surface area contributed by atoms with Crippen molar-refractivity contribution in [2.75, 3.05) is 19.0 Å². The lowest BCUT2D eigenvalue weighted by Crippen LogP contribution is -2.39. The van der Waals surface area contributed by atoms with Crippen molar-refractivity contribution in [3.05, 3.63) is 53.7 Å². The van der Waals surface area contributed by atoms with Crippen molar-refractivity contribution in [1.29, 1.82) is 0 Å². The van der Waals surface area contributed by atoms with Crippen LogP contribution in [0.1, 0.15) is 61.9 Å². The Labute approximate surface area is 232 Å². The van der Waals surface area contributed by atoms with E-state index < -0.39 is 11.9 Å². The van der Waals surface area contributed by atoms with Crippen molar-refractivity contribution < 1.29 is 19.5 Å². The average molecular weight is 547 g/mol. The Bertz CT molecular complexity index is 1340. The number of nitrogens with zero attached hydrogens (tertiary/aromatic N) is 4. The first-order valence-corrected chi connectivity index (χ1v) is 14.5. The van der Waals surface area contributed by atoms with Crippen LogP contribution in [0.3, 0.4) is 0 Å². The molecule has 0 saturated heterocycles.